The lowest BCUT2D eigenvalue weighted by Gasteiger charge is -2.11. The van der Waals surface area contributed by atoms with Crippen molar-refractivity contribution in [2.24, 2.45) is 7.05 Å². The lowest BCUT2D eigenvalue weighted by Crippen LogP contribution is -2.05. The van der Waals surface area contributed by atoms with Crippen LogP contribution in [0.2, 0.25) is 0 Å². The molecule has 0 aliphatic heterocycles. The summed E-state index contributed by atoms with van der Waals surface area (Å²) < 4.78 is 1.98. The highest BCUT2D eigenvalue weighted by atomic mass is 16.1. The fourth-order valence-corrected chi connectivity index (χ4v) is 3.81. The average molecular weight is 450 g/mol. The van der Waals surface area contributed by atoms with Gasteiger partial charge in [-0.15, -0.1) is 0 Å². The molecule has 0 spiro atoms. The van der Waals surface area contributed by atoms with E-state index in [1.807, 2.05) is 67.2 Å². The van der Waals surface area contributed by atoms with E-state index in [1.54, 1.807) is 18.3 Å². The standard InChI is InChI=1S/C26H23N7O/c1-16-8-10-28-23(12-16)31-26-24-20(9-11-33(24)2)30-25(32-26)18-5-3-4-17(13-18)14-21(34)19-6-7-22(27)29-15-19/h3-13,15H,14H2,1-2H3,(H2,27,29)(H,28,30,31,32). The van der Waals surface area contributed by atoms with Gasteiger partial charge >= 0.3 is 0 Å². The molecule has 4 aromatic heterocycles. The maximum absolute atomic E-state index is 12.7. The maximum atomic E-state index is 12.7. The van der Waals surface area contributed by atoms with E-state index in [2.05, 4.69) is 15.3 Å². The van der Waals surface area contributed by atoms with Gasteiger partial charge in [0.05, 0.1) is 5.52 Å². The number of nitrogens with zero attached hydrogens (tertiary/aromatic N) is 5. The van der Waals surface area contributed by atoms with Gasteiger partial charge in [-0.25, -0.2) is 19.9 Å². The third-order valence-corrected chi connectivity index (χ3v) is 5.54. The fraction of sp³-hybridized carbons (Fsp3) is 0.115. The number of nitrogens with one attached hydrogen (secondary N) is 1. The minimum atomic E-state index is -0.0306. The quantitative estimate of drug-likeness (QED) is 0.368. The molecule has 168 valence electrons. The second-order valence-corrected chi connectivity index (χ2v) is 8.17. The molecule has 0 aliphatic rings. The zero-order valence-corrected chi connectivity index (χ0v) is 18.9. The molecular weight excluding hydrogens is 426 g/mol. The van der Waals surface area contributed by atoms with Crippen molar-refractivity contribution in [3.05, 3.63) is 89.9 Å². The molecule has 0 saturated carbocycles. The number of carbonyl (C=O) groups excluding carboxylic acids is 1. The van der Waals surface area contributed by atoms with E-state index in [1.165, 1.54) is 6.20 Å². The van der Waals surface area contributed by atoms with Crippen molar-refractivity contribution in [3.63, 3.8) is 0 Å². The molecule has 0 aliphatic carbocycles. The van der Waals surface area contributed by atoms with E-state index in [0.717, 1.165) is 27.7 Å². The molecule has 4 heterocycles. The number of Topliss-reactive ketones (excluding diaryl/α,β-unsaturated/α-hetero) is 1. The number of rotatable bonds is 6. The van der Waals surface area contributed by atoms with Crippen molar-refractivity contribution in [2.45, 2.75) is 13.3 Å². The average Bonchev–Trinajstić information content (AvgIpc) is 3.20. The number of hydrogen-bond acceptors (Lipinski definition) is 7. The molecule has 5 rings (SSSR count). The number of nitrogens with two attached hydrogens (primary N) is 1. The van der Waals surface area contributed by atoms with Crippen LogP contribution >= 0.6 is 0 Å². The summed E-state index contributed by atoms with van der Waals surface area (Å²) in [5.41, 5.74) is 10.6. The van der Waals surface area contributed by atoms with Crippen LogP contribution in [0.4, 0.5) is 17.5 Å². The first kappa shape index (κ1) is 21.3. The van der Waals surface area contributed by atoms with Gasteiger partial charge in [0.25, 0.3) is 0 Å². The highest BCUT2D eigenvalue weighted by molar-refractivity contribution is 5.97. The molecule has 0 atom stereocenters. The summed E-state index contributed by atoms with van der Waals surface area (Å²) in [6.07, 6.45) is 5.46. The second-order valence-electron chi connectivity index (χ2n) is 8.17. The Morgan fingerprint density at radius 2 is 1.94 bits per heavy atom. The van der Waals surface area contributed by atoms with E-state index in [0.29, 0.717) is 28.8 Å². The molecule has 0 amide bonds. The molecule has 8 heteroatoms. The van der Waals surface area contributed by atoms with Crippen molar-refractivity contribution in [1.29, 1.82) is 0 Å². The first-order chi connectivity index (χ1) is 16.5. The highest BCUT2D eigenvalue weighted by Gasteiger charge is 2.14. The van der Waals surface area contributed by atoms with Crippen LogP contribution in [0.1, 0.15) is 21.5 Å². The number of benzene rings is 1. The van der Waals surface area contributed by atoms with Crippen molar-refractivity contribution in [3.8, 4) is 11.4 Å². The van der Waals surface area contributed by atoms with Crippen LogP contribution in [0.15, 0.2) is 73.2 Å². The summed E-state index contributed by atoms with van der Waals surface area (Å²) in [7, 11) is 1.96. The Kier molecular flexibility index (Phi) is 5.47. The molecule has 0 saturated heterocycles. The topological polar surface area (TPSA) is 112 Å². The predicted molar refractivity (Wildman–Crippen MR) is 133 cm³/mol. The Bertz CT molecular complexity index is 1510. The predicted octanol–water partition coefficient (Wildman–Crippen LogP) is 4.48. The fourth-order valence-electron chi connectivity index (χ4n) is 3.81. The first-order valence-corrected chi connectivity index (χ1v) is 10.8. The van der Waals surface area contributed by atoms with Crippen LogP contribution in [-0.2, 0) is 13.5 Å². The van der Waals surface area contributed by atoms with Gasteiger partial charge in [0, 0.05) is 43.2 Å². The summed E-state index contributed by atoms with van der Waals surface area (Å²) in [6.45, 7) is 2.02. The summed E-state index contributed by atoms with van der Waals surface area (Å²) in [5, 5.41) is 3.34. The molecule has 0 bridgehead atoms. The molecule has 5 aromatic rings. The van der Waals surface area contributed by atoms with Crippen LogP contribution in [-0.4, -0.2) is 30.3 Å². The van der Waals surface area contributed by atoms with Crippen molar-refractivity contribution < 1.29 is 4.79 Å². The molecule has 0 radical (unpaired) electrons. The molecule has 3 N–H and O–H groups in total. The Balaban J connectivity index is 1.49. The SMILES string of the molecule is Cc1ccnc(Nc2nc(-c3cccc(CC(=O)c4ccc(N)nc4)c3)nc3ccn(C)c23)c1. The number of nitrogen functional groups attached to an aromatic ring is 1. The molecule has 8 nitrogen and oxygen atoms in total. The van der Waals surface area contributed by atoms with Gasteiger partial charge in [-0.3, -0.25) is 4.79 Å². The third kappa shape index (κ3) is 4.33. The number of hydrogen-bond donors (Lipinski definition) is 2. The second kappa shape index (κ2) is 8.74. The minimum Gasteiger partial charge on any atom is -0.384 e. The third-order valence-electron chi connectivity index (χ3n) is 5.54. The number of aryl methyl sites for hydroxylation is 2. The molecule has 0 fully saturated rings. The maximum Gasteiger partial charge on any atom is 0.168 e. The highest BCUT2D eigenvalue weighted by Crippen LogP contribution is 2.28. The Hall–Kier alpha value is -4.59. The van der Waals surface area contributed by atoms with Gasteiger partial charge in [-0.1, -0.05) is 18.2 Å². The van der Waals surface area contributed by atoms with Crippen LogP contribution in [0.3, 0.4) is 0 Å². The van der Waals surface area contributed by atoms with E-state index < -0.39 is 0 Å². The van der Waals surface area contributed by atoms with Crippen molar-refractivity contribution in [2.75, 3.05) is 11.1 Å². The number of aromatic nitrogens is 5. The van der Waals surface area contributed by atoms with Crippen molar-refractivity contribution in [1.82, 2.24) is 24.5 Å². The Morgan fingerprint density at radius 3 is 2.74 bits per heavy atom. The number of anilines is 3. The Morgan fingerprint density at radius 1 is 1.06 bits per heavy atom. The minimum absolute atomic E-state index is 0.0306. The summed E-state index contributed by atoms with van der Waals surface area (Å²) in [6, 6.07) is 16.9. The summed E-state index contributed by atoms with van der Waals surface area (Å²) >= 11 is 0. The summed E-state index contributed by atoms with van der Waals surface area (Å²) in [4.78, 5) is 30.7. The smallest absolute Gasteiger partial charge is 0.168 e. The molecule has 34 heavy (non-hydrogen) atoms. The van der Waals surface area contributed by atoms with Crippen LogP contribution in [0.25, 0.3) is 22.4 Å². The van der Waals surface area contributed by atoms with Gasteiger partial charge in [0.2, 0.25) is 0 Å². The number of carbonyl (C=O) groups is 1. The van der Waals surface area contributed by atoms with Crippen LogP contribution < -0.4 is 11.1 Å². The van der Waals surface area contributed by atoms with Gasteiger partial charge in [-0.05, 0) is 54.4 Å². The van der Waals surface area contributed by atoms with E-state index in [-0.39, 0.29) is 12.2 Å². The van der Waals surface area contributed by atoms with E-state index >= 15 is 0 Å². The van der Waals surface area contributed by atoms with Crippen molar-refractivity contribution >= 4 is 34.3 Å². The first-order valence-electron chi connectivity index (χ1n) is 10.8. The van der Waals surface area contributed by atoms with Crippen LogP contribution in [0.5, 0.6) is 0 Å². The molecule has 1 aromatic carbocycles. The largest absolute Gasteiger partial charge is 0.384 e. The normalized spacial score (nSPS) is 11.0. The van der Waals surface area contributed by atoms with Crippen LogP contribution in [0, 0.1) is 6.92 Å². The summed E-state index contributed by atoms with van der Waals surface area (Å²) in [5.74, 6) is 2.30. The number of pyridine rings is 2. The van der Waals surface area contributed by atoms with E-state index in [9.17, 15) is 4.79 Å². The molecule has 0 unspecified atom stereocenters. The zero-order chi connectivity index (χ0) is 23.7. The van der Waals surface area contributed by atoms with Gasteiger partial charge in [-0.2, -0.15) is 0 Å². The zero-order valence-electron chi connectivity index (χ0n) is 18.9. The Labute approximate surface area is 196 Å². The monoisotopic (exact) mass is 449 g/mol. The number of ketones is 1. The van der Waals surface area contributed by atoms with Gasteiger partial charge in [0.1, 0.15) is 17.2 Å². The van der Waals surface area contributed by atoms with Gasteiger partial charge in [0.15, 0.2) is 17.4 Å². The van der Waals surface area contributed by atoms with Gasteiger partial charge < -0.3 is 15.6 Å². The van der Waals surface area contributed by atoms with E-state index in [4.69, 9.17) is 15.7 Å². The molecular formula is C26H23N7O. The lowest BCUT2D eigenvalue weighted by atomic mass is 10.0. The lowest BCUT2D eigenvalue weighted by molar-refractivity contribution is 0.0992. The number of fused-ring (bicyclic) bond motifs is 1.